The van der Waals surface area contributed by atoms with E-state index < -0.39 is 5.54 Å². The average molecular weight is 399 g/mol. The third kappa shape index (κ3) is 4.72. The van der Waals surface area contributed by atoms with Gasteiger partial charge in [-0.25, -0.2) is 9.97 Å². The van der Waals surface area contributed by atoms with Crippen LogP contribution in [-0.2, 0) is 5.54 Å². The van der Waals surface area contributed by atoms with Crippen LogP contribution in [0.2, 0.25) is 0 Å². The summed E-state index contributed by atoms with van der Waals surface area (Å²) in [6.07, 6.45) is 1.59. The molecule has 2 unspecified atom stereocenters. The van der Waals surface area contributed by atoms with Crippen LogP contribution in [0.3, 0.4) is 0 Å². The first-order valence-corrected chi connectivity index (χ1v) is 9.88. The number of imidazole rings is 1. The van der Waals surface area contributed by atoms with E-state index in [-0.39, 0.29) is 31.2 Å². The van der Waals surface area contributed by atoms with Crippen molar-refractivity contribution < 1.29 is 10.2 Å². The Balaban J connectivity index is 1.97. The van der Waals surface area contributed by atoms with Gasteiger partial charge in [0.15, 0.2) is 5.65 Å². The number of fused-ring (bicyclic) bond motifs is 1. The van der Waals surface area contributed by atoms with E-state index in [0.717, 1.165) is 16.8 Å². The Hall–Kier alpha value is -2.55. The van der Waals surface area contributed by atoms with Gasteiger partial charge >= 0.3 is 0 Å². The van der Waals surface area contributed by atoms with Crippen molar-refractivity contribution in [2.24, 2.45) is 5.92 Å². The highest BCUT2D eigenvalue weighted by Crippen LogP contribution is 2.29. The number of aliphatic hydroxyl groups excluding tert-OH is 2. The molecule has 29 heavy (non-hydrogen) atoms. The van der Waals surface area contributed by atoms with Gasteiger partial charge < -0.3 is 20.5 Å². The van der Waals surface area contributed by atoms with Crippen LogP contribution in [0.1, 0.15) is 45.0 Å². The van der Waals surface area contributed by atoms with Crippen LogP contribution in [0.25, 0.3) is 11.2 Å². The summed E-state index contributed by atoms with van der Waals surface area (Å²) in [7, 11) is 0. The number of hydrogen-bond donors (Lipinski definition) is 5. The SMILES string of the molecule is CC(C)C(CO)Nc1nc(C(C)(C)NC(CO)c2ccccc2)c2[nH]cnc2n1. The van der Waals surface area contributed by atoms with Gasteiger partial charge in [0.25, 0.3) is 0 Å². The largest absolute Gasteiger partial charge is 0.394 e. The molecular formula is C21H30N6O2. The Morgan fingerprint density at radius 2 is 1.79 bits per heavy atom. The van der Waals surface area contributed by atoms with Gasteiger partial charge in [-0.05, 0) is 25.3 Å². The summed E-state index contributed by atoms with van der Waals surface area (Å²) < 4.78 is 0. The Morgan fingerprint density at radius 1 is 1.07 bits per heavy atom. The van der Waals surface area contributed by atoms with Crippen LogP contribution in [0.15, 0.2) is 36.7 Å². The van der Waals surface area contributed by atoms with E-state index in [1.54, 1.807) is 6.33 Å². The smallest absolute Gasteiger partial charge is 0.225 e. The molecule has 8 heteroatoms. The molecule has 0 bridgehead atoms. The molecule has 3 aromatic rings. The van der Waals surface area contributed by atoms with Crippen molar-refractivity contribution >= 4 is 17.1 Å². The van der Waals surface area contributed by atoms with Crippen molar-refractivity contribution in [3.05, 3.63) is 47.9 Å². The summed E-state index contributed by atoms with van der Waals surface area (Å²) in [5, 5.41) is 26.4. The van der Waals surface area contributed by atoms with Crippen LogP contribution in [0.4, 0.5) is 5.95 Å². The summed E-state index contributed by atoms with van der Waals surface area (Å²) in [5.41, 5.74) is 2.42. The Kier molecular flexibility index (Phi) is 6.46. The molecule has 8 nitrogen and oxygen atoms in total. The van der Waals surface area contributed by atoms with E-state index >= 15 is 0 Å². The number of benzene rings is 1. The van der Waals surface area contributed by atoms with Crippen molar-refractivity contribution in [1.82, 2.24) is 25.3 Å². The van der Waals surface area contributed by atoms with Gasteiger partial charge in [-0.15, -0.1) is 0 Å². The number of aliphatic hydroxyl groups is 2. The monoisotopic (exact) mass is 398 g/mol. The van der Waals surface area contributed by atoms with Gasteiger partial charge in [0.05, 0.1) is 42.9 Å². The predicted molar refractivity (Wildman–Crippen MR) is 113 cm³/mol. The third-order valence-electron chi connectivity index (χ3n) is 5.11. The van der Waals surface area contributed by atoms with E-state index in [4.69, 9.17) is 4.98 Å². The number of nitrogens with one attached hydrogen (secondary N) is 3. The zero-order valence-corrected chi connectivity index (χ0v) is 17.3. The maximum Gasteiger partial charge on any atom is 0.225 e. The second kappa shape index (κ2) is 8.86. The molecule has 2 aromatic heterocycles. The summed E-state index contributed by atoms with van der Waals surface area (Å²) in [6.45, 7) is 8.01. The lowest BCUT2D eigenvalue weighted by atomic mass is 9.96. The molecule has 2 atom stereocenters. The van der Waals surface area contributed by atoms with E-state index in [9.17, 15) is 10.2 Å². The summed E-state index contributed by atoms with van der Waals surface area (Å²) in [4.78, 5) is 16.7. The minimum Gasteiger partial charge on any atom is -0.394 e. The lowest BCUT2D eigenvalue weighted by Gasteiger charge is -2.31. The molecule has 0 aliphatic rings. The Bertz CT molecular complexity index is 925. The molecule has 0 fully saturated rings. The van der Waals surface area contributed by atoms with Crippen molar-refractivity contribution in [2.75, 3.05) is 18.5 Å². The quantitative estimate of drug-likeness (QED) is 0.375. The van der Waals surface area contributed by atoms with E-state index in [1.165, 1.54) is 0 Å². The van der Waals surface area contributed by atoms with E-state index in [1.807, 2.05) is 58.0 Å². The number of H-pyrrole nitrogens is 1. The molecule has 0 saturated heterocycles. The molecule has 156 valence electrons. The van der Waals surface area contributed by atoms with Gasteiger partial charge in [0, 0.05) is 0 Å². The van der Waals surface area contributed by atoms with Gasteiger partial charge in [-0.3, -0.25) is 5.32 Å². The topological polar surface area (TPSA) is 119 Å². The van der Waals surface area contributed by atoms with Crippen LogP contribution in [-0.4, -0.2) is 49.4 Å². The minimum absolute atomic E-state index is 0.0167. The summed E-state index contributed by atoms with van der Waals surface area (Å²) in [6, 6.07) is 9.41. The molecule has 3 rings (SSSR count). The highest BCUT2D eigenvalue weighted by atomic mass is 16.3. The standard InChI is InChI=1S/C21H30N6O2/c1-13(2)15(10-28)24-20-25-18(17-19(26-20)23-12-22-17)21(3,4)27-16(11-29)14-8-6-5-7-9-14/h5-9,12-13,15-16,27-29H,10-11H2,1-4H3,(H2,22,23,24,25,26). The lowest BCUT2D eigenvalue weighted by Crippen LogP contribution is -2.42. The van der Waals surface area contributed by atoms with Crippen LogP contribution in [0.5, 0.6) is 0 Å². The molecular weight excluding hydrogens is 368 g/mol. The second-order valence-corrected chi connectivity index (χ2v) is 8.09. The summed E-state index contributed by atoms with van der Waals surface area (Å²) >= 11 is 0. The van der Waals surface area contributed by atoms with E-state index in [0.29, 0.717) is 11.6 Å². The van der Waals surface area contributed by atoms with E-state index in [2.05, 4.69) is 25.6 Å². The first-order chi connectivity index (χ1) is 13.9. The number of rotatable bonds is 9. The number of anilines is 1. The zero-order valence-electron chi connectivity index (χ0n) is 17.3. The molecule has 0 saturated carbocycles. The molecule has 0 amide bonds. The van der Waals surface area contributed by atoms with Crippen molar-refractivity contribution in [3.8, 4) is 0 Å². The van der Waals surface area contributed by atoms with Crippen LogP contribution in [0, 0.1) is 5.92 Å². The fourth-order valence-electron chi connectivity index (χ4n) is 3.36. The zero-order chi connectivity index (χ0) is 21.0. The highest BCUT2D eigenvalue weighted by Gasteiger charge is 2.30. The Labute approximate surface area is 170 Å². The molecule has 2 heterocycles. The number of hydrogen-bond acceptors (Lipinski definition) is 7. The fraction of sp³-hybridized carbons (Fsp3) is 0.476. The first kappa shape index (κ1) is 21.2. The van der Waals surface area contributed by atoms with Crippen LogP contribution >= 0.6 is 0 Å². The van der Waals surface area contributed by atoms with Crippen LogP contribution < -0.4 is 10.6 Å². The molecule has 0 aliphatic heterocycles. The number of nitrogens with zero attached hydrogens (tertiary/aromatic N) is 3. The molecule has 0 spiro atoms. The van der Waals surface area contributed by atoms with Gasteiger partial charge in [-0.2, -0.15) is 4.98 Å². The minimum atomic E-state index is -0.597. The second-order valence-electron chi connectivity index (χ2n) is 8.09. The summed E-state index contributed by atoms with van der Waals surface area (Å²) in [5.74, 6) is 0.632. The van der Waals surface area contributed by atoms with Crippen molar-refractivity contribution in [2.45, 2.75) is 45.3 Å². The predicted octanol–water partition coefficient (Wildman–Crippen LogP) is 2.34. The fourth-order valence-corrected chi connectivity index (χ4v) is 3.36. The number of aromatic amines is 1. The third-order valence-corrected chi connectivity index (χ3v) is 5.11. The first-order valence-electron chi connectivity index (χ1n) is 9.88. The van der Waals surface area contributed by atoms with Gasteiger partial charge in [0.1, 0.15) is 5.52 Å². The average Bonchev–Trinajstić information content (AvgIpc) is 3.18. The molecule has 0 radical (unpaired) electrons. The van der Waals surface area contributed by atoms with Crippen molar-refractivity contribution in [1.29, 1.82) is 0 Å². The van der Waals surface area contributed by atoms with Gasteiger partial charge in [0.2, 0.25) is 5.95 Å². The lowest BCUT2D eigenvalue weighted by molar-refractivity contribution is 0.210. The molecule has 0 aliphatic carbocycles. The Morgan fingerprint density at radius 3 is 2.41 bits per heavy atom. The van der Waals surface area contributed by atoms with Gasteiger partial charge in [-0.1, -0.05) is 44.2 Å². The van der Waals surface area contributed by atoms with Crippen molar-refractivity contribution in [3.63, 3.8) is 0 Å². The maximum absolute atomic E-state index is 9.97. The molecule has 1 aromatic carbocycles. The normalized spacial score (nSPS) is 14.3. The highest BCUT2D eigenvalue weighted by molar-refractivity contribution is 5.75. The maximum atomic E-state index is 9.97. The number of aromatic nitrogens is 4. The molecule has 5 N–H and O–H groups in total.